The van der Waals surface area contributed by atoms with Crippen molar-refractivity contribution in [2.45, 2.75) is 36.6 Å². The highest BCUT2D eigenvalue weighted by Gasteiger charge is 2.45. The number of amides is 1. The molecule has 0 unspecified atom stereocenters. The molecule has 3 aliphatic rings. The van der Waals surface area contributed by atoms with Crippen molar-refractivity contribution < 1.29 is 22.3 Å². The number of ether oxygens (including phenoxy) is 1. The summed E-state index contributed by atoms with van der Waals surface area (Å²) in [6, 6.07) is 3.64. The molecule has 148 valence electrons. The molecule has 1 amide bonds. The van der Waals surface area contributed by atoms with Crippen molar-refractivity contribution in [2.75, 3.05) is 33.4 Å². The van der Waals surface area contributed by atoms with Gasteiger partial charge in [-0.05, 0) is 55.7 Å². The van der Waals surface area contributed by atoms with E-state index >= 15 is 0 Å². The number of carbonyl (C=O) groups is 1. The van der Waals surface area contributed by atoms with E-state index in [9.17, 15) is 17.6 Å². The number of halogens is 1. The van der Waals surface area contributed by atoms with Crippen LogP contribution < -0.4 is 0 Å². The van der Waals surface area contributed by atoms with Crippen LogP contribution in [0, 0.1) is 17.7 Å². The van der Waals surface area contributed by atoms with Crippen molar-refractivity contribution in [1.82, 2.24) is 9.21 Å². The minimum atomic E-state index is -3.77. The Kier molecular flexibility index (Phi) is 4.98. The second kappa shape index (κ2) is 7.14. The molecule has 2 aliphatic carbocycles. The fraction of sp³-hybridized carbons (Fsp3) is 0.632. The van der Waals surface area contributed by atoms with Gasteiger partial charge in [-0.2, -0.15) is 4.31 Å². The highest BCUT2D eigenvalue weighted by molar-refractivity contribution is 7.89. The number of benzene rings is 1. The summed E-state index contributed by atoms with van der Waals surface area (Å²) in [7, 11) is -2.06. The highest BCUT2D eigenvalue weighted by atomic mass is 32.2. The molecule has 2 saturated carbocycles. The second-order valence-corrected chi connectivity index (χ2v) is 9.68. The van der Waals surface area contributed by atoms with Gasteiger partial charge in [0.15, 0.2) is 0 Å². The van der Waals surface area contributed by atoms with Crippen LogP contribution >= 0.6 is 0 Å². The van der Waals surface area contributed by atoms with Gasteiger partial charge in [-0.3, -0.25) is 4.79 Å². The van der Waals surface area contributed by atoms with Crippen LogP contribution in [0.5, 0.6) is 0 Å². The van der Waals surface area contributed by atoms with Crippen molar-refractivity contribution in [3.63, 3.8) is 0 Å². The van der Waals surface area contributed by atoms with Gasteiger partial charge < -0.3 is 9.64 Å². The molecule has 1 heterocycles. The molecule has 1 aromatic carbocycles. The summed E-state index contributed by atoms with van der Waals surface area (Å²) in [4.78, 5) is 14.6. The van der Waals surface area contributed by atoms with Crippen molar-refractivity contribution in [3.05, 3.63) is 29.6 Å². The summed E-state index contributed by atoms with van der Waals surface area (Å²) in [5.41, 5.74) is -0.168. The molecular weight excluding hydrogens is 371 g/mol. The SMILES string of the molecule is CN(C(=O)c1cc(S(=O)(=O)N2CCOCC2)ccc1F)C(C1CC1)C1CC1. The summed E-state index contributed by atoms with van der Waals surface area (Å²) < 4.78 is 46.6. The first-order valence-electron chi connectivity index (χ1n) is 9.54. The zero-order valence-electron chi connectivity index (χ0n) is 15.4. The lowest BCUT2D eigenvalue weighted by Crippen LogP contribution is -2.41. The van der Waals surface area contributed by atoms with E-state index in [1.165, 1.54) is 16.4 Å². The van der Waals surface area contributed by atoms with Crippen molar-refractivity contribution in [1.29, 1.82) is 0 Å². The van der Waals surface area contributed by atoms with Crippen LogP contribution in [0.1, 0.15) is 36.0 Å². The Balaban J connectivity index is 1.61. The first kappa shape index (κ1) is 18.8. The molecule has 8 heteroatoms. The molecule has 0 aromatic heterocycles. The van der Waals surface area contributed by atoms with E-state index in [1.807, 2.05) is 0 Å². The molecule has 27 heavy (non-hydrogen) atoms. The molecule has 0 N–H and O–H groups in total. The zero-order valence-corrected chi connectivity index (χ0v) is 16.3. The second-order valence-electron chi connectivity index (χ2n) is 7.74. The summed E-state index contributed by atoms with van der Waals surface area (Å²) >= 11 is 0. The molecule has 3 fully saturated rings. The lowest BCUT2D eigenvalue weighted by Gasteiger charge is -2.29. The topological polar surface area (TPSA) is 66.9 Å². The first-order valence-corrected chi connectivity index (χ1v) is 11.0. The van der Waals surface area contributed by atoms with Gasteiger partial charge in [0.05, 0.1) is 23.7 Å². The minimum absolute atomic E-state index is 0.0445. The summed E-state index contributed by atoms with van der Waals surface area (Å²) in [5.74, 6) is -0.127. The Hall–Kier alpha value is -1.51. The lowest BCUT2D eigenvalue weighted by molar-refractivity contribution is 0.0684. The van der Waals surface area contributed by atoms with Gasteiger partial charge in [0.25, 0.3) is 5.91 Å². The smallest absolute Gasteiger partial charge is 0.256 e. The van der Waals surface area contributed by atoms with Crippen LogP contribution in [0.4, 0.5) is 4.39 Å². The summed E-state index contributed by atoms with van der Waals surface area (Å²) in [6.07, 6.45) is 4.42. The number of nitrogens with zero attached hydrogens (tertiary/aromatic N) is 2. The van der Waals surface area contributed by atoms with Gasteiger partial charge in [0.2, 0.25) is 10.0 Å². The van der Waals surface area contributed by atoms with Crippen molar-refractivity contribution >= 4 is 15.9 Å². The maximum absolute atomic E-state index is 14.4. The zero-order chi connectivity index (χ0) is 19.2. The molecule has 1 saturated heterocycles. The van der Waals surface area contributed by atoms with Gasteiger partial charge >= 0.3 is 0 Å². The Morgan fingerprint density at radius 2 is 1.78 bits per heavy atom. The van der Waals surface area contributed by atoms with Gasteiger partial charge in [-0.25, -0.2) is 12.8 Å². The van der Waals surface area contributed by atoms with E-state index in [0.29, 0.717) is 25.0 Å². The van der Waals surface area contributed by atoms with E-state index in [2.05, 4.69) is 0 Å². The van der Waals surface area contributed by atoms with E-state index in [0.717, 1.165) is 31.7 Å². The van der Waals surface area contributed by atoms with Crippen LogP contribution in [0.3, 0.4) is 0 Å². The average molecular weight is 396 g/mol. The molecule has 1 aliphatic heterocycles. The third-order valence-corrected chi connectivity index (χ3v) is 7.65. The van der Waals surface area contributed by atoms with Crippen LogP contribution in [0.15, 0.2) is 23.1 Å². The van der Waals surface area contributed by atoms with Gasteiger partial charge in [0, 0.05) is 26.2 Å². The molecule has 6 nitrogen and oxygen atoms in total. The fourth-order valence-corrected chi connectivity index (χ4v) is 5.42. The number of hydrogen-bond acceptors (Lipinski definition) is 4. The summed E-state index contributed by atoms with van der Waals surface area (Å²) in [5, 5.41) is 0. The molecule has 1 aromatic rings. The Bertz CT molecular complexity index is 818. The number of rotatable bonds is 6. The third kappa shape index (κ3) is 3.75. The normalized spacial score (nSPS) is 21.4. The van der Waals surface area contributed by atoms with E-state index in [-0.39, 0.29) is 29.6 Å². The Morgan fingerprint density at radius 1 is 1.19 bits per heavy atom. The van der Waals surface area contributed by atoms with Gasteiger partial charge in [0.1, 0.15) is 5.82 Å². The third-order valence-electron chi connectivity index (χ3n) is 5.75. The summed E-state index contributed by atoms with van der Waals surface area (Å²) in [6.45, 7) is 1.18. The monoisotopic (exact) mass is 396 g/mol. The van der Waals surface area contributed by atoms with Crippen LogP contribution in [-0.4, -0.2) is 62.9 Å². The van der Waals surface area contributed by atoms with Gasteiger partial charge in [-0.1, -0.05) is 0 Å². The standard InChI is InChI=1S/C19H25FN2O4S/c1-21(18(13-2-3-13)14-4-5-14)19(23)16-12-15(6-7-17(16)20)27(24,25)22-8-10-26-11-9-22/h6-7,12-14,18H,2-5,8-11H2,1H3. The predicted octanol–water partition coefficient (Wildman–Crippen LogP) is 2.11. The molecule has 0 spiro atoms. The minimum Gasteiger partial charge on any atom is -0.379 e. The predicted molar refractivity (Wildman–Crippen MR) is 97.3 cm³/mol. The quantitative estimate of drug-likeness (QED) is 0.739. The van der Waals surface area contributed by atoms with E-state index in [4.69, 9.17) is 4.74 Å². The molecule has 0 atom stereocenters. The number of hydrogen-bond donors (Lipinski definition) is 0. The molecular formula is C19H25FN2O4S. The lowest BCUT2D eigenvalue weighted by atomic mass is 10.0. The van der Waals surface area contributed by atoms with Crippen LogP contribution in [0.25, 0.3) is 0 Å². The molecule has 4 rings (SSSR count). The maximum Gasteiger partial charge on any atom is 0.256 e. The largest absolute Gasteiger partial charge is 0.379 e. The van der Waals surface area contributed by atoms with E-state index in [1.54, 1.807) is 11.9 Å². The fourth-order valence-electron chi connectivity index (χ4n) is 3.98. The highest BCUT2D eigenvalue weighted by Crippen LogP contribution is 2.47. The number of carbonyl (C=O) groups excluding carboxylic acids is 1. The van der Waals surface area contributed by atoms with Gasteiger partial charge in [-0.15, -0.1) is 0 Å². The first-order chi connectivity index (χ1) is 12.9. The molecule has 0 radical (unpaired) electrons. The Morgan fingerprint density at radius 3 is 2.33 bits per heavy atom. The maximum atomic E-state index is 14.4. The van der Waals surface area contributed by atoms with Crippen molar-refractivity contribution in [2.24, 2.45) is 11.8 Å². The van der Waals surface area contributed by atoms with Crippen LogP contribution in [-0.2, 0) is 14.8 Å². The number of morpholine rings is 1. The number of sulfonamides is 1. The van der Waals surface area contributed by atoms with Crippen LogP contribution in [0.2, 0.25) is 0 Å². The van der Waals surface area contributed by atoms with E-state index < -0.39 is 21.7 Å². The molecule has 0 bridgehead atoms. The Labute approximate surface area is 159 Å². The van der Waals surface area contributed by atoms with Crippen molar-refractivity contribution in [3.8, 4) is 0 Å². The average Bonchev–Trinajstić information content (AvgIpc) is 3.57.